The smallest absolute Gasteiger partial charge is 0.307 e. The molecule has 2 fully saturated rings. The van der Waals surface area contributed by atoms with Gasteiger partial charge in [0.05, 0.1) is 11.6 Å². The van der Waals surface area contributed by atoms with Crippen molar-refractivity contribution in [1.29, 1.82) is 0 Å². The van der Waals surface area contributed by atoms with E-state index in [2.05, 4.69) is 17.0 Å². The van der Waals surface area contributed by atoms with Crippen molar-refractivity contribution in [3.05, 3.63) is 53.1 Å². The van der Waals surface area contributed by atoms with Crippen LogP contribution >= 0.6 is 0 Å². The molecule has 1 amide bonds. The third-order valence-electron chi connectivity index (χ3n) is 7.20. The number of carboxylic acid groups (broad SMARTS) is 1. The molecule has 3 heterocycles. The van der Waals surface area contributed by atoms with E-state index in [1.807, 2.05) is 11.8 Å². The zero-order valence-electron chi connectivity index (χ0n) is 19.5. The molecule has 1 aliphatic heterocycles. The number of nitrogens with zero attached hydrogens (tertiary/aromatic N) is 4. The maximum Gasteiger partial charge on any atom is 0.307 e. The maximum absolute atomic E-state index is 15.0. The van der Waals surface area contributed by atoms with Crippen molar-refractivity contribution in [3.8, 4) is 11.3 Å². The van der Waals surface area contributed by atoms with Crippen LogP contribution in [0.5, 0.6) is 0 Å². The number of amides is 1. The number of carboxylic acids is 1. The second-order valence-electron chi connectivity index (χ2n) is 9.51. The lowest BCUT2D eigenvalue weighted by Gasteiger charge is -2.27. The second-order valence-corrected chi connectivity index (χ2v) is 9.51. The van der Waals surface area contributed by atoms with Gasteiger partial charge in [-0.05, 0) is 62.3 Å². The summed E-state index contributed by atoms with van der Waals surface area (Å²) in [6.45, 7) is 4.81. The molecule has 1 aromatic carbocycles. The lowest BCUT2D eigenvalue weighted by atomic mass is 10.0. The summed E-state index contributed by atoms with van der Waals surface area (Å²) in [5, 5.41) is 13.7. The molecule has 0 bridgehead atoms. The summed E-state index contributed by atoms with van der Waals surface area (Å²) in [4.78, 5) is 31.0. The first-order valence-electron chi connectivity index (χ1n) is 12.1. The van der Waals surface area contributed by atoms with Gasteiger partial charge in [0.1, 0.15) is 11.5 Å². The molecular formula is C26H29FN4O3. The second kappa shape index (κ2) is 8.81. The molecule has 1 saturated carbocycles. The standard InChI is InChI=1S/C26H29FN4O3/c1-3-17-12-23(25(32)30-10-6-4-5-7-15(30)2)28-24-14-22(29-31(17)24)18-9-8-16(11-21(18)27)19-13-20(19)26(33)34/h8-9,11-12,14-15,19-20H,3-7,10,13H2,1-2H3,(H,33,34)/t15-,19+,20+/m1/s1. The number of hydrogen-bond donors (Lipinski definition) is 1. The van der Waals surface area contributed by atoms with E-state index in [-0.39, 0.29) is 17.9 Å². The van der Waals surface area contributed by atoms with E-state index in [4.69, 9.17) is 5.11 Å². The number of fused-ring (bicyclic) bond motifs is 1. The molecule has 1 aliphatic carbocycles. The number of aromatic nitrogens is 3. The van der Waals surface area contributed by atoms with Gasteiger partial charge in [0.15, 0.2) is 5.65 Å². The zero-order chi connectivity index (χ0) is 24.0. The Balaban J connectivity index is 1.47. The Hall–Kier alpha value is -3.29. The fourth-order valence-corrected chi connectivity index (χ4v) is 5.06. The van der Waals surface area contributed by atoms with Crippen molar-refractivity contribution < 1.29 is 19.1 Å². The van der Waals surface area contributed by atoms with E-state index in [0.717, 1.165) is 37.9 Å². The van der Waals surface area contributed by atoms with Gasteiger partial charge in [-0.2, -0.15) is 5.10 Å². The van der Waals surface area contributed by atoms with E-state index in [0.29, 0.717) is 41.0 Å². The summed E-state index contributed by atoms with van der Waals surface area (Å²) in [5.74, 6) is -1.91. The molecule has 178 valence electrons. The minimum Gasteiger partial charge on any atom is -0.481 e. The highest BCUT2D eigenvalue weighted by Gasteiger charge is 2.44. The number of aryl methyl sites for hydroxylation is 1. The van der Waals surface area contributed by atoms with E-state index in [9.17, 15) is 9.59 Å². The van der Waals surface area contributed by atoms with Crippen LogP contribution in [0.4, 0.5) is 4.39 Å². The van der Waals surface area contributed by atoms with Gasteiger partial charge in [-0.25, -0.2) is 13.9 Å². The van der Waals surface area contributed by atoms with E-state index >= 15 is 4.39 Å². The van der Waals surface area contributed by atoms with Crippen LogP contribution in [0, 0.1) is 11.7 Å². The molecule has 0 unspecified atom stereocenters. The largest absolute Gasteiger partial charge is 0.481 e. The normalized spacial score (nSPS) is 22.6. The summed E-state index contributed by atoms with van der Waals surface area (Å²) in [6, 6.07) is 8.52. The molecule has 5 rings (SSSR count). The van der Waals surface area contributed by atoms with Crippen LogP contribution in [0.3, 0.4) is 0 Å². The van der Waals surface area contributed by atoms with Crippen LogP contribution in [0.1, 0.15) is 73.6 Å². The number of hydrogen-bond acceptors (Lipinski definition) is 4. The average molecular weight is 465 g/mol. The minimum absolute atomic E-state index is 0.0673. The Labute approximate surface area is 197 Å². The Kier molecular flexibility index (Phi) is 5.83. The molecular weight excluding hydrogens is 435 g/mol. The summed E-state index contributed by atoms with van der Waals surface area (Å²) in [5.41, 5.74) is 3.21. The van der Waals surface area contributed by atoms with Gasteiger partial charge in [-0.15, -0.1) is 0 Å². The van der Waals surface area contributed by atoms with Crippen LogP contribution in [-0.2, 0) is 11.2 Å². The predicted molar refractivity (Wildman–Crippen MR) is 125 cm³/mol. The third-order valence-corrected chi connectivity index (χ3v) is 7.20. The average Bonchev–Trinajstić information content (AvgIpc) is 3.56. The third kappa shape index (κ3) is 4.06. The van der Waals surface area contributed by atoms with Gasteiger partial charge in [0.25, 0.3) is 5.91 Å². The molecule has 2 aliphatic rings. The first-order chi connectivity index (χ1) is 16.4. The van der Waals surface area contributed by atoms with Gasteiger partial charge in [0, 0.05) is 29.9 Å². The molecule has 0 radical (unpaired) electrons. The lowest BCUT2D eigenvalue weighted by Crippen LogP contribution is -2.38. The van der Waals surface area contributed by atoms with Crippen LogP contribution in [0.2, 0.25) is 0 Å². The quantitative estimate of drug-likeness (QED) is 0.592. The van der Waals surface area contributed by atoms with Crippen molar-refractivity contribution in [2.45, 2.75) is 64.3 Å². The van der Waals surface area contributed by atoms with E-state index in [1.165, 1.54) is 6.07 Å². The van der Waals surface area contributed by atoms with Crippen molar-refractivity contribution in [2.24, 2.45) is 5.92 Å². The van der Waals surface area contributed by atoms with Gasteiger partial charge < -0.3 is 10.0 Å². The highest BCUT2D eigenvalue weighted by atomic mass is 19.1. The van der Waals surface area contributed by atoms with Crippen molar-refractivity contribution in [1.82, 2.24) is 19.5 Å². The van der Waals surface area contributed by atoms with Crippen molar-refractivity contribution >= 4 is 17.5 Å². The SMILES string of the molecule is CCc1cc(C(=O)N2CCCCC[C@H]2C)nc2cc(-c3ccc([C@@H]4C[C@@H]4C(=O)O)cc3F)nn12. The number of halogens is 1. The molecule has 2 aromatic heterocycles. The molecule has 8 heteroatoms. The summed E-state index contributed by atoms with van der Waals surface area (Å²) in [7, 11) is 0. The predicted octanol–water partition coefficient (Wildman–Crippen LogP) is 4.69. The molecule has 7 nitrogen and oxygen atoms in total. The number of carbonyl (C=O) groups excluding carboxylic acids is 1. The van der Waals surface area contributed by atoms with Crippen molar-refractivity contribution in [3.63, 3.8) is 0 Å². The van der Waals surface area contributed by atoms with E-state index in [1.54, 1.807) is 28.8 Å². The number of likely N-dealkylation sites (tertiary alicyclic amines) is 1. The Morgan fingerprint density at radius 1 is 1.18 bits per heavy atom. The monoisotopic (exact) mass is 464 g/mol. The maximum atomic E-state index is 15.0. The minimum atomic E-state index is -0.840. The van der Waals surface area contributed by atoms with Gasteiger partial charge in [-0.1, -0.05) is 25.8 Å². The molecule has 1 saturated heterocycles. The lowest BCUT2D eigenvalue weighted by molar-refractivity contribution is -0.138. The highest BCUT2D eigenvalue weighted by Crippen LogP contribution is 2.48. The zero-order valence-corrected chi connectivity index (χ0v) is 19.5. The Morgan fingerprint density at radius 3 is 2.71 bits per heavy atom. The van der Waals surface area contributed by atoms with Crippen LogP contribution < -0.4 is 0 Å². The summed E-state index contributed by atoms with van der Waals surface area (Å²) >= 11 is 0. The topological polar surface area (TPSA) is 87.8 Å². The molecule has 3 aromatic rings. The van der Waals surface area contributed by atoms with Gasteiger partial charge in [-0.3, -0.25) is 9.59 Å². The first-order valence-corrected chi connectivity index (χ1v) is 12.1. The molecule has 34 heavy (non-hydrogen) atoms. The number of benzene rings is 1. The van der Waals surface area contributed by atoms with Crippen LogP contribution in [-0.4, -0.2) is 49.1 Å². The first kappa shape index (κ1) is 22.5. The van der Waals surface area contributed by atoms with Crippen molar-refractivity contribution in [2.75, 3.05) is 6.54 Å². The fraction of sp³-hybridized carbons (Fsp3) is 0.462. The van der Waals surface area contributed by atoms with Crippen LogP contribution in [0.15, 0.2) is 30.3 Å². The molecule has 3 atom stereocenters. The Morgan fingerprint density at radius 2 is 2.00 bits per heavy atom. The Bertz CT molecular complexity index is 1270. The molecule has 0 spiro atoms. The summed E-state index contributed by atoms with van der Waals surface area (Å²) < 4.78 is 16.7. The number of aliphatic carboxylic acids is 1. The van der Waals surface area contributed by atoms with Gasteiger partial charge in [0.2, 0.25) is 0 Å². The summed E-state index contributed by atoms with van der Waals surface area (Å²) in [6.07, 6.45) is 5.45. The molecule has 1 N–H and O–H groups in total. The van der Waals surface area contributed by atoms with E-state index < -0.39 is 17.7 Å². The van der Waals surface area contributed by atoms with Gasteiger partial charge >= 0.3 is 5.97 Å². The fourth-order valence-electron chi connectivity index (χ4n) is 5.06. The van der Waals surface area contributed by atoms with Crippen LogP contribution in [0.25, 0.3) is 16.9 Å². The number of carbonyl (C=O) groups is 2. The highest BCUT2D eigenvalue weighted by molar-refractivity contribution is 5.93. The number of rotatable bonds is 5.